The molecule has 21 heavy (non-hydrogen) atoms. The van der Waals surface area contributed by atoms with Crippen molar-refractivity contribution >= 4 is 23.9 Å². The van der Waals surface area contributed by atoms with E-state index in [0.717, 1.165) is 7.11 Å². The Bertz CT molecular complexity index is 625. The molecule has 0 aliphatic carbocycles. The number of rotatable bonds is 4. The molecule has 110 valence electrons. The first kappa shape index (κ1) is 14.5. The largest absolute Gasteiger partial charge is 0.481 e. The van der Waals surface area contributed by atoms with Gasteiger partial charge in [0.05, 0.1) is 7.11 Å². The topological polar surface area (TPSA) is 127 Å². The molecule has 0 radical (unpaired) electrons. The molecule has 8 nitrogen and oxygen atoms in total. The second-order valence-corrected chi connectivity index (χ2v) is 4.29. The zero-order valence-electron chi connectivity index (χ0n) is 10.7. The maximum absolute atomic E-state index is 12.2. The van der Waals surface area contributed by atoms with Crippen LogP contribution in [0.4, 0.5) is 0 Å². The lowest BCUT2D eigenvalue weighted by Crippen LogP contribution is -2.54. The standard InChI is InChI=1S/C13H10O8/c1-20-11(18)13(8(9(14)15)10(16)17)6-4-2-3-5-7(6)21-12(13)19/h2-5,8H,1H3,(H,14,15)(H,16,17). The molecule has 0 bridgehead atoms. The highest BCUT2D eigenvalue weighted by Gasteiger charge is 2.66. The van der Waals surface area contributed by atoms with E-state index in [2.05, 4.69) is 4.74 Å². The van der Waals surface area contributed by atoms with E-state index in [0.29, 0.717) is 0 Å². The third-order valence-corrected chi connectivity index (χ3v) is 3.27. The fraction of sp³-hybridized carbons (Fsp3) is 0.231. The lowest BCUT2D eigenvalue weighted by Gasteiger charge is -2.26. The fourth-order valence-corrected chi connectivity index (χ4v) is 2.39. The molecule has 2 rings (SSSR count). The summed E-state index contributed by atoms with van der Waals surface area (Å²) in [5.41, 5.74) is -2.71. The summed E-state index contributed by atoms with van der Waals surface area (Å²) in [4.78, 5) is 46.9. The average molecular weight is 294 g/mol. The first-order chi connectivity index (χ1) is 9.87. The van der Waals surface area contributed by atoms with Crippen molar-refractivity contribution in [3.63, 3.8) is 0 Å². The van der Waals surface area contributed by atoms with E-state index in [4.69, 9.17) is 14.9 Å². The van der Waals surface area contributed by atoms with E-state index >= 15 is 0 Å². The normalized spacial score (nSPS) is 19.8. The number of ether oxygens (including phenoxy) is 2. The van der Waals surface area contributed by atoms with Gasteiger partial charge in [-0.2, -0.15) is 0 Å². The van der Waals surface area contributed by atoms with Gasteiger partial charge >= 0.3 is 23.9 Å². The molecule has 0 saturated heterocycles. The summed E-state index contributed by atoms with van der Waals surface area (Å²) >= 11 is 0. The van der Waals surface area contributed by atoms with Crippen molar-refractivity contribution in [3.8, 4) is 5.75 Å². The second kappa shape index (κ2) is 4.89. The minimum absolute atomic E-state index is 0.0691. The van der Waals surface area contributed by atoms with E-state index in [-0.39, 0.29) is 11.3 Å². The molecular weight excluding hydrogens is 284 g/mol. The molecule has 1 atom stereocenters. The monoisotopic (exact) mass is 294 g/mol. The van der Waals surface area contributed by atoms with Gasteiger partial charge in [-0.05, 0) is 6.07 Å². The number of para-hydroxylation sites is 1. The number of carboxylic acids is 2. The fourth-order valence-electron chi connectivity index (χ4n) is 2.39. The van der Waals surface area contributed by atoms with Crippen LogP contribution in [0, 0.1) is 5.92 Å². The molecule has 8 heteroatoms. The summed E-state index contributed by atoms with van der Waals surface area (Å²) in [5.74, 6) is -8.71. The molecule has 1 unspecified atom stereocenters. The molecular formula is C13H10O8. The van der Waals surface area contributed by atoms with Crippen molar-refractivity contribution in [1.82, 2.24) is 0 Å². The maximum Gasteiger partial charge on any atom is 0.335 e. The van der Waals surface area contributed by atoms with Crippen LogP contribution in [0.2, 0.25) is 0 Å². The van der Waals surface area contributed by atoms with Crippen LogP contribution in [0.25, 0.3) is 0 Å². The predicted molar refractivity (Wildman–Crippen MR) is 64.5 cm³/mol. The number of benzene rings is 1. The molecule has 1 aliphatic heterocycles. The van der Waals surface area contributed by atoms with Gasteiger partial charge in [0.25, 0.3) is 0 Å². The highest BCUT2D eigenvalue weighted by Crippen LogP contribution is 2.45. The van der Waals surface area contributed by atoms with Crippen LogP contribution in [-0.4, -0.2) is 41.2 Å². The van der Waals surface area contributed by atoms with Crippen molar-refractivity contribution in [1.29, 1.82) is 0 Å². The van der Waals surface area contributed by atoms with Gasteiger partial charge in [0.1, 0.15) is 5.75 Å². The maximum atomic E-state index is 12.2. The van der Waals surface area contributed by atoms with Gasteiger partial charge in [0, 0.05) is 5.56 Å². The molecule has 1 aromatic rings. The number of aliphatic carboxylic acids is 2. The van der Waals surface area contributed by atoms with Crippen LogP contribution in [-0.2, 0) is 29.3 Å². The highest BCUT2D eigenvalue weighted by atomic mass is 16.6. The summed E-state index contributed by atoms with van der Waals surface area (Å²) in [6, 6.07) is 5.52. The molecule has 0 spiro atoms. The van der Waals surface area contributed by atoms with Crippen LogP contribution in [0.1, 0.15) is 5.56 Å². The van der Waals surface area contributed by atoms with Gasteiger partial charge in [0.2, 0.25) is 5.41 Å². The molecule has 0 fully saturated rings. The summed E-state index contributed by atoms with van der Waals surface area (Å²) in [7, 11) is 0.930. The smallest absolute Gasteiger partial charge is 0.335 e. The Morgan fingerprint density at radius 3 is 2.29 bits per heavy atom. The Balaban J connectivity index is 2.81. The lowest BCUT2D eigenvalue weighted by atomic mass is 9.71. The minimum Gasteiger partial charge on any atom is -0.481 e. The summed E-state index contributed by atoms with van der Waals surface area (Å²) < 4.78 is 9.34. The Labute approximate surface area is 117 Å². The van der Waals surface area contributed by atoms with E-state index < -0.39 is 35.2 Å². The molecule has 1 aromatic carbocycles. The Hall–Kier alpha value is -2.90. The van der Waals surface area contributed by atoms with E-state index in [1.54, 1.807) is 0 Å². The minimum atomic E-state index is -2.57. The van der Waals surface area contributed by atoms with Crippen LogP contribution in [0.15, 0.2) is 24.3 Å². The number of esters is 2. The van der Waals surface area contributed by atoms with Crippen LogP contribution < -0.4 is 4.74 Å². The van der Waals surface area contributed by atoms with Crippen molar-refractivity contribution in [2.75, 3.05) is 7.11 Å². The summed E-state index contributed by atoms with van der Waals surface area (Å²) in [6.45, 7) is 0. The Kier molecular flexibility index (Phi) is 3.38. The highest BCUT2D eigenvalue weighted by molar-refractivity contribution is 6.17. The third-order valence-electron chi connectivity index (χ3n) is 3.27. The van der Waals surface area contributed by atoms with Gasteiger partial charge in [0.15, 0.2) is 5.92 Å². The van der Waals surface area contributed by atoms with E-state index in [1.165, 1.54) is 24.3 Å². The number of carbonyl (C=O) groups is 4. The molecule has 1 aliphatic rings. The molecule has 2 N–H and O–H groups in total. The third kappa shape index (κ3) is 1.83. The van der Waals surface area contributed by atoms with Gasteiger partial charge < -0.3 is 19.7 Å². The summed E-state index contributed by atoms with van der Waals surface area (Å²) in [5, 5.41) is 18.3. The van der Waals surface area contributed by atoms with Gasteiger partial charge in [-0.3, -0.25) is 14.4 Å². The van der Waals surface area contributed by atoms with Crippen molar-refractivity contribution < 1.29 is 38.9 Å². The molecule has 1 heterocycles. The summed E-state index contributed by atoms with van der Waals surface area (Å²) in [6.07, 6.45) is 0. The number of methoxy groups -OCH3 is 1. The predicted octanol–water partition coefficient (Wildman–Crippen LogP) is -0.198. The number of carbonyl (C=O) groups excluding carboxylic acids is 2. The molecule has 0 aromatic heterocycles. The van der Waals surface area contributed by atoms with Crippen molar-refractivity contribution in [2.24, 2.45) is 5.92 Å². The van der Waals surface area contributed by atoms with E-state index in [1.807, 2.05) is 0 Å². The van der Waals surface area contributed by atoms with Gasteiger partial charge in [-0.1, -0.05) is 18.2 Å². The zero-order chi connectivity index (χ0) is 15.8. The quantitative estimate of drug-likeness (QED) is 0.444. The zero-order valence-corrected chi connectivity index (χ0v) is 10.7. The molecule has 0 saturated carbocycles. The number of carboxylic acid groups (broad SMARTS) is 2. The number of hydrogen-bond donors (Lipinski definition) is 2. The number of fused-ring (bicyclic) bond motifs is 1. The van der Waals surface area contributed by atoms with Crippen LogP contribution >= 0.6 is 0 Å². The van der Waals surface area contributed by atoms with Crippen molar-refractivity contribution in [2.45, 2.75) is 5.41 Å². The van der Waals surface area contributed by atoms with Gasteiger partial charge in [-0.25, -0.2) is 4.79 Å². The van der Waals surface area contributed by atoms with Crippen molar-refractivity contribution in [3.05, 3.63) is 29.8 Å². The Morgan fingerprint density at radius 1 is 1.19 bits per heavy atom. The van der Waals surface area contributed by atoms with Crippen LogP contribution in [0.3, 0.4) is 0 Å². The first-order valence-corrected chi connectivity index (χ1v) is 5.73. The lowest BCUT2D eigenvalue weighted by molar-refractivity contribution is -0.173. The molecule has 0 amide bonds. The Morgan fingerprint density at radius 2 is 1.76 bits per heavy atom. The second-order valence-electron chi connectivity index (χ2n) is 4.29. The van der Waals surface area contributed by atoms with Crippen LogP contribution in [0.5, 0.6) is 5.75 Å². The average Bonchev–Trinajstić information content (AvgIpc) is 2.71. The number of hydrogen-bond acceptors (Lipinski definition) is 6. The van der Waals surface area contributed by atoms with Gasteiger partial charge in [-0.15, -0.1) is 0 Å². The SMILES string of the molecule is COC(=O)C1(C(C(=O)O)C(=O)O)C(=O)Oc2ccccc21. The first-order valence-electron chi connectivity index (χ1n) is 5.73. The van der Waals surface area contributed by atoms with E-state index in [9.17, 15) is 19.2 Å².